The fraction of sp³-hybridized carbons (Fsp3) is 0.500. The Hall–Kier alpha value is -0.800. The zero-order chi connectivity index (χ0) is 13.0. The van der Waals surface area contributed by atoms with Crippen LogP contribution in [0.3, 0.4) is 0 Å². The maximum atomic E-state index is 11.9. The quantitative estimate of drug-likeness (QED) is 0.841. The van der Waals surface area contributed by atoms with Gasteiger partial charge in [-0.3, -0.25) is 4.79 Å². The second-order valence-corrected chi connectivity index (χ2v) is 4.85. The lowest BCUT2D eigenvalue weighted by molar-refractivity contribution is -0.119. The predicted octanol–water partition coefficient (Wildman–Crippen LogP) is 4.07. The average molecular weight is 275 g/mol. The van der Waals surface area contributed by atoms with Crippen LogP contribution in [0.2, 0.25) is 10.3 Å². The van der Waals surface area contributed by atoms with Crippen LogP contribution in [-0.2, 0) is 4.79 Å². The molecule has 1 amide bonds. The molecule has 17 heavy (non-hydrogen) atoms. The highest BCUT2D eigenvalue weighted by atomic mass is 35.5. The summed E-state index contributed by atoms with van der Waals surface area (Å²) in [6, 6.07) is 1.67. The van der Waals surface area contributed by atoms with Crippen molar-refractivity contribution in [2.24, 2.45) is 5.92 Å². The highest BCUT2D eigenvalue weighted by Crippen LogP contribution is 2.27. The highest BCUT2D eigenvalue weighted by molar-refractivity contribution is 6.34. The Labute approximate surface area is 112 Å². The van der Waals surface area contributed by atoms with Crippen LogP contribution in [0.5, 0.6) is 0 Å². The van der Waals surface area contributed by atoms with Gasteiger partial charge in [0.1, 0.15) is 5.15 Å². The van der Waals surface area contributed by atoms with E-state index < -0.39 is 0 Å². The normalized spacial score (nSPS) is 12.3. The summed E-state index contributed by atoms with van der Waals surface area (Å²) >= 11 is 11.7. The van der Waals surface area contributed by atoms with Crippen molar-refractivity contribution in [2.45, 2.75) is 33.6 Å². The summed E-state index contributed by atoms with van der Waals surface area (Å²) in [5, 5.41) is 3.35. The number of hydrogen-bond acceptors (Lipinski definition) is 2. The van der Waals surface area contributed by atoms with E-state index in [1.165, 1.54) is 0 Å². The molecule has 1 N–H and O–H groups in total. The molecule has 0 radical (unpaired) electrons. The van der Waals surface area contributed by atoms with Crippen LogP contribution in [0.15, 0.2) is 6.07 Å². The highest BCUT2D eigenvalue weighted by Gasteiger charge is 2.15. The third-order valence-corrected chi connectivity index (χ3v) is 3.03. The maximum Gasteiger partial charge on any atom is 0.227 e. The van der Waals surface area contributed by atoms with Crippen LogP contribution in [0.25, 0.3) is 0 Å². The van der Waals surface area contributed by atoms with Gasteiger partial charge in [-0.25, -0.2) is 4.98 Å². The monoisotopic (exact) mass is 274 g/mol. The first-order valence-electron chi connectivity index (χ1n) is 5.59. The number of halogens is 2. The van der Waals surface area contributed by atoms with E-state index >= 15 is 0 Å². The minimum absolute atomic E-state index is 0.0360. The van der Waals surface area contributed by atoms with Crippen molar-refractivity contribution in [3.8, 4) is 0 Å². The molecular formula is C12H16Cl2N2O. The smallest absolute Gasteiger partial charge is 0.227 e. The number of anilines is 1. The minimum Gasteiger partial charge on any atom is -0.323 e. The molecule has 1 unspecified atom stereocenters. The summed E-state index contributed by atoms with van der Waals surface area (Å²) in [4.78, 5) is 15.8. The van der Waals surface area contributed by atoms with Gasteiger partial charge in [-0.15, -0.1) is 0 Å². The van der Waals surface area contributed by atoms with Gasteiger partial charge in [0.05, 0.1) is 5.69 Å². The summed E-state index contributed by atoms with van der Waals surface area (Å²) in [5.74, 6) is -0.0767. The fourth-order valence-electron chi connectivity index (χ4n) is 1.56. The summed E-state index contributed by atoms with van der Waals surface area (Å²) in [7, 11) is 0. The summed E-state index contributed by atoms with van der Waals surface area (Å²) < 4.78 is 0. The third-order valence-electron chi connectivity index (χ3n) is 2.56. The molecule has 5 heteroatoms. The number of hydrogen-bond donors (Lipinski definition) is 1. The molecule has 1 heterocycles. The standard InChI is InChI=1S/C12H16Cl2N2O/c1-4-5-7(2)12(17)16-10-8(3)6-9(13)15-11(10)14/h6-7H,4-5H2,1-3H3,(H,16,17). The number of nitrogens with zero attached hydrogens (tertiary/aromatic N) is 1. The summed E-state index contributed by atoms with van der Waals surface area (Å²) in [5.41, 5.74) is 1.36. The van der Waals surface area contributed by atoms with E-state index in [1.54, 1.807) is 6.07 Å². The van der Waals surface area contributed by atoms with Gasteiger partial charge < -0.3 is 5.32 Å². The van der Waals surface area contributed by atoms with Crippen molar-refractivity contribution in [2.75, 3.05) is 5.32 Å². The lowest BCUT2D eigenvalue weighted by Crippen LogP contribution is -2.21. The van der Waals surface area contributed by atoms with Crippen LogP contribution in [-0.4, -0.2) is 10.9 Å². The lowest BCUT2D eigenvalue weighted by Gasteiger charge is -2.14. The third kappa shape index (κ3) is 3.86. The van der Waals surface area contributed by atoms with Gasteiger partial charge in [0.2, 0.25) is 5.91 Å². The van der Waals surface area contributed by atoms with Gasteiger partial charge in [-0.05, 0) is 25.0 Å². The van der Waals surface area contributed by atoms with E-state index in [4.69, 9.17) is 23.2 Å². The van der Waals surface area contributed by atoms with Gasteiger partial charge in [0.15, 0.2) is 5.15 Å². The van der Waals surface area contributed by atoms with Crippen molar-refractivity contribution in [3.05, 3.63) is 21.9 Å². The number of pyridine rings is 1. The Kier molecular flexibility index (Phi) is 5.22. The van der Waals surface area contributed by atoms with E-state index in [0.29, 0.717) is 10.8 Å². The molecule has 3 nitrogen and oxygen atoms in total. The van der Waals surface area contributed by atoms with Crippen LogP contribution in [0, 0.1) is 12.8 Å². The first-order chi connectivity index (χ1) is 7.95. The zero-order valence-corrected chi connectivity index (χ0v) is 11.7. The molecule has 0 bridgehead atoms. The van der Waals surface area contributed by atoms with Crippen LogP contribution in [0.1, 0.15) is 32.3 Å². The average Bonchev–Trinajstić information content (AvgIpc) is 2.23. The second kappa shape index (κ2) is 6.22. The van der Waals surface area contributed by atoms with Crippen molar-refractivity contribution in [3.63, 3.8) is 0 Å². The van der Waals surface area contributed by atoms with E-state index in [9.17, 15) is 4.79 Å². The zero-order valence-electron chi connectivity index (χ0n) is 10.2. The fourth-order valence-corrected chi connectivity index (χ4v) is 2.13. The van der Waals surface area contributed by atoms with Crippen molar-refractivity contribution >= 4 is 34.8 Å². The number of aryl methyl sites for hydroxylation is 1. The summed E-state index contributed by atoms with van der Waals surface area (Å²) in [6.07, 6.45) is 1.82. The molecule has 0 aliphatic heterocycles. The van der Waals surface area contributed by atoms with Crippen LogP contribution >= 0.6 is 23.2 Å². The first kappa shape index (κ1) is 14.3. The Morgan fingerprint density at radius 1 is 1.53 bits per heavy atom. The summed E-state index contributed by atoms with van der Waals surface area (Å²) in [6.45, 7) is 5.77. The Balaban J connectivity index is 2.85. The Morgan fingerprint density at radius 2 is 2.18 bits per heavy atom. The van der Waals surface area contributed by atoms with Gasteiger partial charge in [-0.1, -0.05) is 43.5 Å². The largest absolute Gasteiger partial charge is 0.323 e. The van der Waals surface area contributed by atoms with Crippen LogP contribution < -0.4 is 5.32 Å². The van der Waals surface area contributed by atoms with E-state index in [0.717, 1.165) is 18.4 Å². The molecule has 0 saturated heterocycles. The number of amides is 1. The van der Waals surface area contributed by atoms with Gasteiger partial charge >= 0.3 is 0 Å². The molecule has 1 aromatic rings. The number of aromatic nitrogens is 1. The second-order valence-electron chi connectivity index (χ2n) is 4.11. The number of carbonyl (C=O) groups excluding carboxylic acids is 1. The molecule has 0 spiro atoms. The van der Waals surface area contributed by atoms with Gasteiger partial charge in [-0.2, -0.15) is 0 Å². The van der Waals surface area contributed by atoms with E-state index in [1.807, 2.05) is 20.8 Å². The number of carbonyl (C=O) groups is 1. The Bertz CT molecular complexity index is 398. The topological polar surface area (TPSA) is 42.0 Å². The van der Waals surface area contributed by atoms with Crippen molar-refractivity contribution in [1.29, 1.82) is 0 Å². The predicted molar refractivity (Wildman–Crippen MR) is 71.7 cm³/mol. The number of rotatable bonds is 4. The molecule has 0 aliphatic rings. The molecule has 1 rings (SSSR count). The molecule has 0 aliphatic carbocycles. The minimum atomic E-state index is -0.0408. The molecule has 94 valence electrons. The van der Waals surface area contributed by atoms with E-state index in [-0.39, 0.29) is 17.0 Å². The maximum absolute atomic E-state index is 11.9. The molecule has 1 atom stereocenters. The van der Waals surface area contributed by atoms with Gasteiger partial charge in [0.25, 0.3) is 0 Å². The molecule has 0 fully saturated rings. The van der Waals surface area contributed by atoms with Crippen molar-refractivity contribution < 1.29 is 4.79 Å². The van der Waals surface area contributed by atoms with E-state index in [2.05, 4.69) is 10.3 Å². The molecule has 0 saturated carbocycles. The molecular weight excluding hydrogens is 259 g/mol. The van der Waals surface area contributed by atoms with Gasteiger partial charge in [0, 0.05) is 5.92 Å². The van der Waals surface area contributed by atoms with Crippen LogP contribution in [0.4, 0.5) is 5.69 Å². The lowest BCUT2D eigenvalue weighted by atomic mass is 10.1. The number of nitrogens with one attached hydrogen (secondary N) is 1. The SMILES string of the molecule is CCCC(C)C(=O)Nc1c(C)cc(Cl)nc1Cl. The molecule has 0 aromatic carbocycles. The van der Waals surface area contributed by atoms with Crippen molar-refractivity contribution in [1.82, 2.24) is 4.98 Å². The molecule has 1 aromatic heterocycles. The first-order valence-corrected chi connectivity index (χ1v) is 6.34. The Morgan fingerprint density at radius 3 is 2.71 bits per heavy atom.